The molecule has 1 aromatic heterocycles. The van der Waals surface area contributed by atoms with E-state index in [0.717, 1.165) is 10.9 Å². The van der Waals surface area contributed by atoms with Gasteiger partial charge in [0.05, 0.1) is 12.1 Å². The van der Waals surface area contributed by atoms with Crippen LogP contribution < -0.4 is 5.32 Å². The third kappa shape index (κ3) is 1.86. The van der Waals surface area contributed by atoms with E-state index >= 15 is 0 Å². The second-order valence-corrected chi connectivity index (χ2v) is 3.60. The molecule has 0 saturated carbocycles. The summed E-state index contributed by atoms with van der Waals surface area (Å²) in [5, 5.41) is 10.7. The van der Waals surface area contributed by atoms with Crippen molar-refractivity contribution in [3.8, 4) is 0 Å². The Morgan fingerprint density at radius 3 is 3.13 bits per heavy atom. The van der Waals surface area contributed by atoms with Crippen molar-refractivity contribution in [2.45, 2.75) is 0 Å². The number of hydrogen-bond acceptors (Lipinski definition) is 3. The Morgan fingerprint density at radius 2 is 2.40 bits per heavy atom. The van der Waals surface area contributed by atoms with Crippen molar-refractivity contribution in [2.24, 2.45) is 0 Å². The van der Waals surface area contributed by atoms with Gasteiger partial charge in [-0.15, -0.1) is 0 Å². The molecule has 5 heteroatoms. The Hall–Kier alpha value is -1.39. The quantitative estimate of drug-likeness (QED) is 0.778. The number of benzene rings is 1. The SMILES string of the molecule is CNCC(=O)c1ccc2n[nH]c(Cl)c2c1. The van der Waals surface area contributed by atoms with E-state index in [1.807, 2.05) is 0 Å². The van der Waals surface area contributed by atoms with Crippen LogP contribution >= 0.6 is 11.6 Å². The minimum atomic E-state index is 0.0386. The molecule has 1 aromatic carbocycles. The molecule has 0 saturated heterocycles. The third-order valence-electron chi connectivity index (χ3n) is 2.17. The van der Waals surface area contributed by atoms with Gasteiger partial charge in [-0.2, -0.15) is 5.10 Å². The van der Waals surface area contributed by atoms with Crippen molar-refractivity contribution in [2.75, 3.05) is 13.6 Å². The molecule has 0 aliphatic rings. The summed E-state index contributed by atoms with van der Waals surface area (Å²) < 4.78 is 0. The normalized spacial score (nSPS) is 10.8. The summed E-state index contributed by atoms with van der Waals surface area (Å²) in [6.45, 7) is 0.320. The Balaban J connectivity index is 2.45. The number of Topliss-reactive ketones (excluding diaryl/α,β-unsaturated/α-hetero) is 1. The molecule has 0 bridgehead atoms. The molecule has 2 rings (SSSR count). The number of H-pyrrole nitrogens is 1. The molecule has 78 valence electrons. The van der Waals surface area contributed by atoms with E-state index in [4.69, 9.17) is 11.6 Å². The summed E-state index contributed by atoms with van der Waals surface area (Å²) in [6, 6.07) is 5.28. The second-order valence-electron chi connectivity index (χ2n) is 3.22. The highest BCUT2D eigenvalue weighted by Crippen LogP contribution is 2.21. The van der Waals surface area contributed by atoms with Gasteiger partial charge in [-0.1, -0.05) is 11.6 Å². The van der Waals surface area contributed by atoms with Gasteiger partial charge in [0.15, 0.2) is 5.78 Å². The van der Waals surface area contributed by atoms with Gasteiger partial charge in [-0.05, 0) is 25.2 Å². The lowest BCUT2D eigenvalue weighted by atomic mass is 10.1. The van der Waals surface area contributed by atoms with Crippen molar-refractivity contribution >= 4 is 28.3 Å². The summed E-state index contributed by atoms with van der Waals surface area (Å²) in [5.41, 5.74) is 1.40. The molecule has 0 aliphatic heterocycles. The monoisotopic (exact) mass is 223 g/mol. The molecule has 0 unspecified atom stereocenters. The zero-order valence-corrected chi connectivity index (χ0v) is 8.93. The first-order chi connectivity index (χ1) is 7.22. The second kappa shape index (κ2) is 4.00. The number of aromatic amines is 1. The zero-order valence-electron chi connectivity index (χ0n) is 8.17. The molecule has 4 nitrogen and oxygen atoms in total. The predicted octanol–water partition coefficient (Wildman–Crippen LogP) is 1.62. The van der Waals surface area contributed by atoms with E-state index in [1.165, 1.54) is 0 Å². The smallest absolute Gasteiger partial charge is 0.176 e. The third-order valence-corrected chi connectivity index (χ3v) is 2.45. The summed E-state index contributed by atoms with van der Waals surface area (Å²) in [7, 11) is 1.74. The number of carbonyl (C=O) groups excluding carboxylic acids is 1. The van der Waals surface area contributed by atoms with E-state index < -0.39 is 0 Å². The van der Waals surface area contributed by atoms with Crippen LogP contribution in [0.1, 0.15) is 10.4 Å². The summed E-state index contributed by atoms with van der Waals surface area (Å²) >= 11 is 5.88. The lowest BCUT2D eigenvalue weighted by Gasteiger charge is -1.99. The largest absolute Gasteiger partial charge is 0.313 e. The molecular formula is C10H10ClN3O. The van der Waals surface area contributed by atoms with E-state index in [1.54, 1.807) is 25.2 Å². The average Bonchev–Trinajstić information content (AvgIpc) is 2.60. The lowest BCUT2D eigenvalue weighted by molar-refractivity contribution is 0.0994. The molecule has 1 heterocycles. The molecule has 2 aromatic rings. The van der Waals surface area contributed by atoms with E-state index in [9.17, 15) is 4.79 Å². The number of carbonyl (C=O) groups is 1. The Morgan fingerprint density at radius 1 is 1.60 bits per heavy atom. The van der Waals surface area contributed by atoms with Gasteiger partial charge >= 0.3 is 0 Å². The summed E-state index contributed by atoms with van der Waals surface area (Å²) in [4.78, 5) is 11.6. The number of nitrogens with one attached hydrogen (secondary N) is 2. The van der Waals surface area contributed by atoms with E-state index in [-0.39, 0.29) is 5.78 Å². The highest BCUT2D eigenvalue weighted by Gasteiger charge is 2.08. The van der Waals surface area contributed by atoms with Gasteiger partial charge in [-0.25, -0.2) is 0 Å². The number of rotatable bonds is 3. The molecular weight excluding hydrogens is 214 g/mol. The number of nitrogens with zero attached hydrogens (tertiary/aromatic N) is 1. The number of aromatic nitrogens is 2. The highest BCUT2D eigenvalue weighted by molar-refractivity contribution is 6.34. The highest BCUT2D eigenvalue weighted by atomic mass is 35.5. The van der Waals surface area contributed by atoms with Gasteiger partial charge in [0.2, 0.25) is 0 Å². The van der Waals surface area contributed by atoms with E-state index in [2.05, 4.69) is 15.5 Å². The fourth-order valence-electron chi connectivity index (χ4n) is 1.41. The van der Waals surface area contributed by atoms with Crippen LogP contribution in [0.3, 0.4) is 0 Å². The van der Waals surface area contributed by atoms with Crippen LogP contribution in [-0.2, 0) is 0 Å². The topological polar surface area (TPSA) is 57.8 Å². The van der Waals surface area contributed by atoms with Crippen molar-refractivity contribution in [1.82, 2.24) is 15.5 Å². The van der Waals surface area contributed by atoms with Crippen molar-refractivity contribution in [3.05, 3.63) is 28.9 Å². The molecule has 0 atom stereocenters. The fraction of sp³-hybridized carbons (Fsp3) is 0.200. The number of likely N-dealkylation sites (N-methyl/N-ethyl adjacent to an activating group) is 1. The maximum absolute atomic E-state index is 11.6. The maximum atomic E-state index is 11.6. The number of ketones is 1. The number of halogens is 1. The van der Waals surface area contributed by atoms with Crippen LogP contribution in [0.4, 0.5) is 0 Å². The predicted molar refractivity (Wildman–Crippen MR) is 59.4 cm³/mol. The first kappa shape index (κ1) is 10.1. The summed E-state index contributed by atoms with van der Waals surface area (Å²) in [5.74, 6) is 0.0386. The first-order valence-corrected chi connectivity index (χ1v) is 4.91. The number of fused-ring (bicyclic) bond motifs is 1. The minimum absolute atomic E-state index is 0.0386. The van der Waals surface area contributed by atoms with Gasteiger partial charge in [0.25, 0.3) is 0 Å². The molecule has 0 radical (unpaired) electrons. The molecule has 2 N–H and O–H groups in total. The van der Waals surface area contributed by atoms with Crippen LogP contribution in [0.15, 0.2) is 18.2 Å². The zero-order chi connectivity index (χ0) is 10.8. The van der Waals surface area contributed by atoms with Crippen LogP contribution in [0.2, 0.25) is 5.15 Å². The standard InChI is InChI=1S/C10H10ClN3O/c1-12-5-9(15)6-2-3-8-7(4-6)10(11)14-13-8/h2-4,12H,5H2,1H3,(H,13,14). The lowest BCUT2D eigenvalue weighted by Crippen LogP contribution is -2.18. The molecule has 0 fully saturated rings. The first-order valence-electron chi connectivity index (χ1n) is 4.54. The van der Waals surface area contributed by atoms with Crippen LogP contribution in [-0.4, -0.2) is 29.6 Å². The summed E-state index contributed by atoms with van der Waals surface area (Å²) in [6.07, 6.45) is 0. The maximum Gasteiger partial charge on any atom is 0.176 e. The molecule has 0 spiro atoms. The van der Waals surface area contributed by atoms with Crippen molar-refractivity contribution in [3.63, 3.8) is 0 Å². The van der Waals surface area contributed by atoms with Gasteiger partial charge < -0.3 is 5.32 Å². The molecule has 0 aliphatic carbocycles. The number of hydrogen-bond donors (Lipinski definition) is 2. The van der Waals surface area contributed by atoms with Gasteiger partial charge in [-0.3, -0.25) is 9.89 Å². The Kier molecular flexibility index (Phi) is 2.70. The van der Waals surface area contributed by atoms with Crippen LogP contribution in [0, 0.1) is 0 Å². The van der Waals surface area contributed by atoms with E-state index in [0.29, 0.717) is 17.3 Å². The fourth-order valence-corrected chi connectivity index (χ4v) is 1.61. The Bertz CT molecular complexity index is 506. The van der Waals surface area contributed by atoms with Crippen molar-refractivity contribution < 1.29 is 4.79 Å². The minimum Gasteiger partial charge on any atom is -0.313 e. The molecule has 0 amide bonds. The average molecular weight is 224 g/mol. The van der Waals surface area contributed by atoms with Crippen LogP contribution in [0.5, 0.6) is 0 Å². The molecule has 15 heavy (non-hydrogen) atoms. The van der Waals surface area contributed by atoms with Crippen LogP contribution in [0.25, 0.3) is 10.9 Å². The van der Waals surface area contributed by atoms with Crippen molar-refractivity contribution in [1.29, 1.82) is 0 Å². The van der Waals surface area contributed by atoms with Gasteiger partial charge in [0, 0.05) is 10.9 Å². The Labute approximate surface area is 91.6 Å². The van der Waals surface area contributed by atoms with Gasteiger partial charge in [0.1, 0.15) is 5.15 Å².